The number of hydrogen-bond donors (Lipinski definition) is 0. The Morgan fingerprint density at radius 3 is 2.50 bits per heavy atom. The number of Topliss-reactive ketones (excluding diaryl/α,β-unsaturated/α-hetero) is 1. The second-order valence-electron chi connectivity index (χ2n) is 3.45. The van der Waals surface area contributed by atoms with Gasteiger partial charge in [0.25, 0.3) is 5.78 Å². The van der Waals surface area contributed by atoms with E-state index in [1.807, 2.05) is 0 Å². The number of ether oxygens (including phenoxy) is 1. The fraction of sp³-hybridized carbons (Fsp3) is 0.182. The van der Waals surface area contributed by atoms with Gasteiger partial charge in [-0.2, -0.15) is 0 Å². The summed E-state index contributed by atoms with van der Waals surface area (Å²) < 4.78 is 4.42. The molecule has 1 aromatic rings. The maximum atomic E-state index is 12.0. The van der Waals surface area contributed by atoms with Crippen molar-refractivity contribution in [2.75, 3.05) is 7.11 Å². The van der Waals surface area contributed by atoms with E-state index < -0.39 is 17.3 Å². The third-order valence-electron chi connectivity index (χ3n) is 2.38. The molecule has 1 atom stereocenters. The highest BCUT2D eigenvalue weighted by molar-refractivity contribution is 6.38. The molecular weight excluding hydrogens is 258 g/mol. The molecule has 6 nitrogen and oxygen atoms in total. The average Bonchev–Trinajstić information content (AvgIpc) is 2.88. The highest BCUT2D eigenvalue weighted by Gasteiger charge is 2.45. The summed E-state index contributed by atoms with van der Waals surface area (Å²) in [5.41, 5.74) is -1.54. The van der Waals surface area contributed by atoms with Crippen LogP contribution in [0.1, 0.15) is 5.82 Å². The smallest absolute Gasteiger partial charge is 0.377 e. The molecular formula is C11H8ClN3O3. The predicted molar refractivity (Wildman–Crippen MR) is 63.4 cm³/mol. The van der Waals surface area contributed by atoms with E-state index in [-0.39, 0.29) is 5.82 Å². The van der Waals surface area contributed by atoms with Gasteiger partial charge in [0.1, 0.15) is 0 Å². The van der Waals surface area contributed by atoms with Crippen LogP contribution < -0.4 is 0 Å². The molecule has 1 aliphatic rings. The zero-order valence-corrected chi connectivity index (χ0v) is 10.1. The van der Waals surface area contributed by atoms with Crippen molar-refractivity contribution < 1.29 is 14.3 Å². The van der Waals surface area contributed by atoms with Gasteiger partial charge in [-0.1, -0.05) is 11.6 Å². The van der Waals surface area contributed by atoms with Crippen LogP contribution in [0.5, 0.6) is 0 Å². The summed E-state index contributed by atoms with van der Waals surface area (Å²) in [5.74, 6) is -1.78. The van der Waals surface area contributed by atoms with Gasteiger partial charge in [0, 0.05) is 18.6 Å². The normalized spacial score (nSPS) is 21.0. The van der Waals surface area contributed by atoms with Crippen LogP contribution in [0.3, 0.4) is 0 Å². The molecule has 2 heterocycles. The molecule has 0 bridgehead atoms. The fourth-order valence-electron chi connectivity index (χ4n) is 1.51. The Hall–Kier alpha value is -2.08. The number of carbonyl (C=O) groups excluding carboxylic acids is 2. The van der Waals surface area contributed by atoms with Gasteiger partial charge in [0.2, 0.25) is 5.54 Å². The Morgan fingerprint density at radius 1 is 1.33 bits per heavy atom. The molecule has 92 valence electrons. The van der Waals surface area contributed by atoms with Gasteiger partial charge in [-0.25, -0.2) is 14.8 Å². The summed E-state index contributed by atoms with van der Waals surface area (Å²) >= 11 is 5.68. The van der Waals surface area contributed by atoms with Gasteiger partial charge < -0.3 is 4.74 Å². The van der Waals surface area contributed by atoms with Crippen LogP contribution in [0.4, 0.5) is 0 Å². The van der Waals surface area contributed by atoms with Crippen LogP contribution in [0.15, 0.2) is 29.5 Å². The number of nitrogens with zero attached hydrogens (tertiary/aromatic N) is 3. The minimum Gasteiger partial charge on any atom is -0.463 e. The van der Waals surface area contributed by atoms with Gasteiger partial charge >= 0.3 is 5.97 Å². The molecule has 0 saturated carbocycles. The lowest BCUT2D eigenvalue weighted by atomic mass is 9.94. The highest BCUT2D eigenvalue weighted by atomic mass is 35.5. The van der Waals surface area contributed by atoms with E-state index in [0.717, 1.165) is 7.11 Å². The van der Waals surface area contributed by atoms with Crippen LogP contribution in [-0.4, -0.2) is 35.0 Å². The Bertz CT molecular complexity index is 539. The first-order valence-electron chi connectivity index (χ1n) is 4.94. The number of rotatable bonds is 3. The Morgan fingerprint density at radius 2 is 2.00 bits per heavy atom. The first-order valence-corrected chi connectivity index (χ1v) is 5.32. The summed E-state index contributed by atoms with van der Waals surface area (Å²) in [6.07, 6.45) is 7.04. The summed E-state index contributed by atoms with van der Waals surface area (Å²) in [6, 6.07) is 0. The largest absolute Gasteiger partial charge is 0.463 e. The van der Waals surface area contributed by atoms with Gasteiger partial charge in [0.15, 0.2) is 5.82 Å². The fourth-order valence-corrected chi connectivity index (χ4v) is 1.61. The van der Waals surface area contributed by atoms with Crippen molar-refractivity contribution >= 4 is 29.6 Å². The van der Waals surface area contributed by atoms with Crippen molar-refractivity contribution in [2.24, 2.45) is 4.99 Å². The Kier molecular flexibility index (Phi) is 3.20. The van der Waals surface area contributed by atoms with Gasteiger partial charge in [-0.15, -0.1) is 0 Å². The molecule has 1 unspecified atom stereocenters. The number of methoxy groups -OCH3 is 1. The summed E-state index contributed by atoms with van der Waals surface area (Å²) in [4.78, 5) is 35.3. The van der Waals surface area contributed by atoms with E-state index in [1.165, 1.54) is 24.7 Å². The zero-order chi connectivity index (χ0) is 13.2. The zero-order valence-electron chi connectivity index (χ0n) is 9.33. The van der Waals surface area contributed by atoms with Crippen molar-refractivity contribution in [1.29, 1.82) is 0 Å². The molecule has 0 aliphatic carbocycles. The lowest BCUT2D eigenvalue weighted by Gasteiger charge is -2.19. The molecule has 1 aromatic heterocycles. The first kappa shape index (κ1) is 12.4. The van der Waals surface area contributed by atoms with Crippen molar-refractivity contribution in [3.8, 4) is 0 Å². The number of ketones is 1. The second kappa shape index (κ2) is 4.66. The van der Waals surface area contributed by atoms with Crippen molar-refractivity contribution in [1.82, 2.24) is 9.97 Å². The maximum Gasteiger partial charge on any atom is 0.377 e. The molecule has 1 aliphatic heterocycles. The van der Waals surface area contributed by atoms with E-state index >= 15 is 0 Å². The maximum absolute atomic E-state index is 12.0. The number of carbonyl (C=O) groups is 2. The van der Waals surface area contributed by atoms with Crippen LogP contribution in [0.2, 0.25) is 5.02 Å². The number of allylic oxidation sites excluding steroid dienone is 1. The number of aliphatic imine (C=N–C) groups is 1. The molecule has 2 rings (SSSR count). The van der Waals surface area contributed by atoms with E-state index in [0.29, 0.717) is 5.02 Å². The van der Waals surface area contributed by atoms with Gasteiger partial charge in [-0.3, -0.25) is 9.79 Å². The summed E-state index contributed by atoms with van der Waals surface area (Å²) in [6.45, 7) is 0. The molecule has 0 saturated heterocycles. The molecule has 0 aromatic carbocycles. The predicted octanol–water partition coefficient (Wildman–Crippen LogP) is 0.708. The molecule has 0 radical (unpaired) electrons. The minimum atomic E-state index is -1.54. The van der Waals surface area contributed by atoms with Gasteiger partial charge in [0.05, 0.1) is 12.1 Å². The van der Waals surface area contributed by atoms with Crippen LogP contribution in [-0.2, 0) is 19.9 Å². The minimum absolute atomic E-state index is 0.0762. The SMILES string of the molecule is COC(=O)C(=O)C1(c2ncc(Cl)cn2)C=CC=N1. The van der Waals surface area contributed by atoms with Gasteiger partial charge in [-0.05, 0) is 12.2 Å². The quantitative estimate of drug-likeness (QED) is 0.594. The highest BCUT2D eigenvalue weighted by Crippen LogP contribution is 2.29. The lowest BCUT2D eigenvalue weighted by Crippen LogP contribution is -2.38. The Labute approximate surface area is 107 Å². The summed E-state index contributed by atoms with van der Waals surface area (Å²) in [5, 5.41) is 0.324. The van der Waals surface area contributed by atoms with E-state index in [1.54, 1.807) is 6.08 Å². The molecule has 0 fully saturated rings. The van der Waals surface area contributed by atoms with Crippen molar-refractivity contribution in [3.05, 3.63) is 35.4 Å². The van der Waals surface area contributed by atoms with E-state index in [9.17, 15) is 9.59 Å². The standard InChI is InChI=1S/C11H8ClN3O3/c1-18-9(17)8(16)11(3-2-4-15-11)10-13-5-7(12)6-14-10/h2-6H,1H3. The number of halogens is 1. The van der Waals surface area contributed by atoms with E-state index in [4.69, 9.17) is 11.6 Å². The molecule has 0 spiro atoms. The number of esters is 1. The van der Waals surface area contributed by atoms with Crippen LogP contribution >= 0.6 is 11.6 Å². The second-order valence-corrected chi connectivity index (χ2v) is 3.89. The van der Waals surface area contributed by atoms with E-state index in [2.05, 4.69) is 19.7 Å². The lowest BCUT2D eigenvalue weighted by molar-refractivity contribution is -0.153. The average molecular weight is 266 g/mol. The number of hydrogen-bond acceptors (Lipinski definition) is 6. The topological polar surface area (TPSA) is 81.5 Å². The monoisotopic (exact) mass is 265 g/mol. The number of aromatic nitrogens is 2. The third kappa shape index (κ3) is 1.91. The van der Waals surface area contributed by atoms with Crippen molar-refractivity contribution in [3.63, 3.8) is 0 Å². The molecule has 18 heavy (non-hydrogen) atoms. The Balaban J connectivity index is 2.49. The van der Waals surface area contributed by atoms with Crippen LogP contribution in [0.25, 0.3) is 0 Å². The molecule has 0 amide bonds. The van der Waals surface area contributed by atoms with Crippen LogP contribution in [0, 0.1) is 0 Å². The third-order valence-corrected chi connectivity index (χ3v) is 2.58. The molecule has 0 N–H and O–H groups in total. The molecule has 7 heteroatoms. The first-order chi connectivity index (χ1) is 8.60. The summed E-state index contributed by atoms with van der Waals surface area (Å²) in [7, 11) is 1.12. The van der Waals surface area contributed by atoms with Crippen molar-refractivity contribution in [2.45, 2.75) is 5.54 Å².